The molecule has 1 fully saturated rings. The van der Waals surface area contributed by atoms with Crippen LogP contribution in [0.2, 0.25) is 0 Å². The predicted octanol–water partition coefficient (Wildman–Crippen LogP) is 1.40. The van der Waals surface area contributed by atoms with Crippen LogP contribution < -0.4 is 5.43 Å². The zero-order valence-electron chi connectivity index (χ0n) is 13.9. The first-order valence-corrected chi connectivity index (χ1v) is 8.02. The molecule has 24 heavy (non-hydrogen) atoms. The van der Waals surface area contributed by atoms with E-state index in [9.17, 15) is 4.79 Å². The highest BCUT2D eigenvalue weighted by atomic mass is 16.2. The third-order valence-electron chi connectivity index (χ3n) is 4.19. The summed E-state index contributed by atoms with van der Waals surface area (Å²) in [5, 5.41) is 15.5. The second-order valence-corrected chi connectivity index (χ2v) is 5.89. The molecule has 1 saturated heterocycles. The molecule has 1 aromatic heterocycles. The summed E-state index contributed by atoms with van der Waals surface area (Å²) in [6, 6.07) is 10.5. The van der Waals surface area contributed by atoms with Gasteiger partial charge < -0.3 is 4.90 Å². The molecule has 0 unspecified atom stereocenters. The number of aryl methyl sites for hydroxylation is 1. The van der Waals surface area contributed by atoms with Crippen molar-refractivity contribution in [2.45, 2.75) is 25.7 Å². The number of anilines is 1. The highest BCUT2D eigenvalue weighted by Gasteiger charge is 2.25. The number of nitrogens with one attached hydrogen (secondary N) is 1. The van der Waals surface area contributed by atoms with Crippen LogP contribution in [0.15, 0.2) is 35.4 Å². The molecule has 1 aliphatic heterocycles. The van der Waals surface area contributed by atoms with Gasteiger partial charge in [0.2, 0.25) is 0 Å². The van der Waals surface area contributed by atoms with Gasteiger partial charge in [-0.15, -0.1) is 5.10 Å². The van der Waals surface area contributed by atoms with E-state index in [1.165, 1.54) is 10.4 Å². The molecule has 1 aliphatic rings. The maximum atomic E-state index is 12.5. The predicted molar refractivity (Wildman–Crippen MR) is 90.5 cm³/mol. The van der Waals surface area contributed by atoms with Crippen LogP contribution >= 0.6 is 0 Å². The van der Waals surface area contributed by atoms with Gasteiger partial charge in [0.1, 0.15) is 5.71 Å². The largest absolute Gasteiger partial charge is 0.338 e. The van der Waals surface area contributed by atoms with E-state index in [0.29, 0.717) is 11.6 Å². The van der Waals surface area contributed by atoms with Gasteiger partial charge in [-0.3, -0.25) is 4.79 Å². The molecule has 0 spiro atoms. The van der Waals surface area contributed by atoms with Gasteiger partial charge in [-0.2, -0.15) is 9.90 Å². The lowest BCUT2D eigenvalue weighted by Gasteiger charge is -2.32. The molecule has 1 N–H and O–H groups in total. The van der Waals surface area contributed by atoms with Crippen LogP contribution in [0.25, 0.3) is 0 Å². The van der Waals surface area contributed by atoms with Gasteiger partial charge >= 0.3 is 0 Å². The van der Waals surface area contributed by atoms with Crippen LogP contribution in [0.4, 0.5) is 5.95 Å². The van der Waals surface area contributed by atoms with E-state index < -0.39 is 0 Å². The molecule has 0 saturated carbocycles. The summed E-state index contributed by atoms with van der Waals surface area (Å²) in [6.07, 6.45) is 1.95. The molecule has 1 amide bonds. The Bertz CT molecular complexity index is 717. The summed E-state index contributed by atoms with van der Waals surface area (Å²) >= 11 is 0. The summed E-state index contributed by atoms with van der Waals surface area (Å²) in [4.78, 5) is 15.6. The summed E-state index contributed by atoms with van der Waals surface area (Å²) in [5.74, 6) is 0.736. The SMILES string of the molecule is CC(=NNc1nnn(C)n1)C(=O)N1CCC(c2ccccc2)CC1. The van der Waals surface area contributed by atoms with Crippen LogP contribution in [0.3, 0.4) is 0 Å². The maximum Gasteiger partial charge on any atom is 0.283 e. The number of benzene rings is 1. The maximum absolute atomic E-state index is 12.5. The first-order valence-electron chi connectivity index (χ1n) is 8.02. The molecule has 0 atom stereocenters. The van der Waals surface area contributed by atoms with Gasteiger partial charge in [-0.1, -0.05) is 35.4 Å². The van der Waals surface area contributed by atoms with E-state index in [-0.39, 0.29) is 11.9 Å². The van der Waals surface area contributed by atoms with E-state index in [1.54, 1.807) is 14.0 Å². The number of likely N-dealkylation sites (tertiary alicyclic amines) is 1. The smallest absolute Gasteiger partial charge is 0.283 e. The fourth-order valence-corrected chi connectivity index (χ4v) is 2.88. The van der Waals surface area contributed by atoms with E-state index in [4.69, 9.17) is 0 Å². The van der Waals surface area contributed by atoms with Crippen molar-refractivity contribution in [3.8, 4) is 0 Å². The molecule has 0 bridgehead atoms. The van der Waals surface area contributed by atoms with Gasteiger partial charge in [0.15, 0.2) is 0 Å². The zero-order valence-corrected chi connectivity index (χ0v) is 13.9. The van der Waals surface area contributed by atoms with E-state index >= 15 is 0 Å². The van der Waals surface area contributed by atoms with Crippen LogP contribution in [0, 0.1) is 0 Å². The molecule has 126 valence electrons. The Hall–Kier alpha value is -2.77. The highest BCUT2D eigenvalue weighted by Crippen LogP contribution is 2.27. The number of aromatic nitrogens is 4. The molecule has 8 heteroatoms. The average molecular weight is 327 g/mol. The van der Waals surface area contributed by atoms with Crippen LogP contribution in [-0.4, -0.2) is 49.8 Å². The van der Waals surface area contributed by atoms with Crippen molar-refractivity contribution in [1.29, 1.82) is 0 Å². The monoisotopic (exact) mass is 327 g/mol. The summed E-state index contributed by atoms with van der Waals surface area (Å²) in [6.45, 7) is 3.18. The first kappa shape index (κ1) is 16.1. The summed E-state index contributed by atoms with van der Waals surface area (Å²) in [5.41, 5.74) is 4.40. The summed E-state index contributed by atoms with van der Waals surface area (Å²) < 4.78 is 0. The molecule has 8 nitrogen and oxygen atoms in total. The zero-order chi connectivity index (χ0) is 16.9. The minimum absolute atomic E-state index is 0.0575. The topological polar surface area (TPSA) is 88.3 Å². The number of hydrogen-bond donors (Lipinski definition) is 1. The Morgan fingerprint density at radius 1 is 1.25 bits per heavy atom. The van der Waals surface area contributed by atoms with Crippen molar-refractivity contribution in [3.05, 3.63) is 35.9 Å². The Morgan fingerprint density at radius 3 is 2.58 bits per heavy atom. The van der Waals surface area contributed by atoms with Crippen LogP contribution in [0.1, 0.15) is 31.2 Å². The number of tetrazole rings is 1. The lowest BCUT2D eigenvalue weighted by atomic mass is 9.89. The Kier molecular flexibility index (Phi) is 4.83. The van der Waals surface area contributed by atoms with Gasteiger partial charge in [0, 0.05) is 13.1 Å². The van der Waals surface area contributed by atoms with E-state index in [1.807, 2.05) is 11.0 Å². The highest BCUT2D eigenvalue weighted by molar-refractivity contribution is 6.37. The molecule has 0 radical (unpaired) electrons. The van der Waals surface area contributed by atoms with Crippen molar-refractivity contribution in [3.63, 3.8) is 0 Å². The van der Waals surface area contributed by atoms with E-state index in [2.05, 4.69) is 50.2 Å². The minimum atomic E-state index is -0.0575. The number of amides is 1. The van der Waals surface area contributed by atoms with Gasteiger partial charge in [-0.25, -0.2) is 5.43 Å². The molecule has 3 rings (SSSR count). The second-order valence-electron chi connectivity index (χ2n) is 5.89. The number of piperidine rings is 1. The molecule has 0 aliphatic carbocycles. The quantitative estimate of drug-likeness (QED) is 0.677. The van der Waals surface area contributed by atoms with Gasteiger partial charge in [0.25, 0.3) is 11.9 Å². The van der Waals surface area contributed by atoms with Crippen molar-refractivity contribution in [2.75, 3.05) is 18.5 Å². The first-order chi connectivity index (χ1) is 11.6. The minimum Gasteiger partial charge on any atom is -0.338 e. The molecule has 2 aromatic rings. The van der Waals surface area contributed by atoms with Crippen molar-refractivity contribution >= 4 is 17.6 Å². The average Bonchev–Trinajstić information content (AvgIpc) is 3.05. The molecule has 1 aromatic carbocycles. The number of carbonyl (C=O) groups is 1. The number of nitrogens with zero attached hydrogens (tertiary/aromatic N) is 6. The molecular formula is C16H21N7O. The molecule has 2 heterocycles. The van der Waals surface area contributed by atoms with Crippen LogP contribution in [-0.2, 0) is 11.8 Å². The number of carbonyl (C=O) groups excluding carboxylic acids is 1. The summed E-state index contributed by atoms with van der Waals surface area (Å²) in [7, 11) is 1.66. The van der Waals surface area contributed by atoms with Gasteiger partial charge in [-0.05, 0) is 36.5 Å². The lowest BCUT2D eigenvalue weighted by Crippen LogP contribution is -2.41. The van der Waals surface area contributed by atoms with E-state index in [0.717, 1.165) is 25.9 Å². The fourth-order valence-electron chi connectivity index (χ4n) is 2.88. The fraction of sp³-hybridized carbons (Fsp3) is 0.438. The Balaban J connectivity index is 1.54. The normalized spacial score (nSPS) is 16.2. The number of hydrazone groups is 1. The Labute approximate surface area is 140 Å². The Morgan fingerprint density at radius 2 is 1.96 bits per heavy atom. The van der Waals surface area contributed by atoms with Crippen molar-refractivity contribution in [2.24, 2.45) is 12.1 Å². The lowest BCUT2D eigenvalue weighted by molar-refractivity contribution is -0.125. The standard InChI is InChI=1S/C16H21N7O/c1-12(17-18-16-19-21-22(2)20-16)15(24)23-10-8-14(9-11-23)13-6-4-3-5-7-13/h3-7,14H,8-11H2,1-2H3,(H,18,20). The third kappa shape index (κ3) is 3.76. The van der Waals surface area contributed by atoms with Crippen molar-refractivity contribution < 1.29 is 4.79 Å². The number of rotatable bonds is 4. The second kappa shape index (κ2) is 7.20. The molecular weight excluding hydrogens is 306 g/mol. The van der Waals surface area contributed by atoms with Crippen molar-refractivity contribution in [1.82, 2.24) is 25.1 Å². The number of hydrogen-bond acceptors (Lipinski definition) is 6. The third-order valence-corrected chi connectivity index (χ3v) is 4.19. The van der Waals surface area contributed by atoms with Gasteiger partial charge in [0.05, 0.1) is 7.05 Å². The van der Waals surface area contributed by atoms with Crippen LogP contribution in [0.5, 0.6) is 0 Å².